The monoisotopic (exact) mass is 483 g/mol. The normalized spacial score (nSPS) is 18.6. The molecule has 4 rings (SSSR count). The van der Waals surface area contributed by atoms with Crippen molar-refractivity contribution >= 4 is 30.8 Å². The Hall–Kier alpha value is -2.49. The van der Waals surface area contributed by atoms with E-state index in [0.29, 0.717) is 34.9 Å². The Kier molecular flexibility index (Phi) is 8.03. The summed E-state index contributed by atoms with van der Waals surface area (Å²) in [7, 11) is 0. The summed E-state index contributed by atoms with van der Waals surface area (Å²) in [5.41, 5.74) is 1.85. The number of halogens is 3. The smallest absolute Gasteiger partial charge is 0.245 e. The Morgan fingerprint density at radius 3 is 2.41 bits per heavy atom. The van der Waals surface area contributed by atoms with Gasteiger partial charge in [-0.3, -0.25) is 5.10 Å². The maximum atomic E-state index is 13.7. The molecule has 0 spiro atoms. The van der Waals surface area contributed by atoms with E-state index in [0.717, 1.165) is 13.1 Å². The predicted molar refractivity (Wildman–Crippen MR) is 127 cm³/mol. The van der Waals surface area contributed by atoms with Crippen molar-refractivity contribution < 1.29 is 9.50 Å². The molecule has 1 fully saturated rings. The van der Waals surface area contributed by atoms with Crippen LogP contribution in [0.15, 0.2) is 30.6 Å². The summed E-state index contributed by atoms with van der Waals surface area (Å²) in [5.74, 6) is -0.00904. The maximum absolute atomic E-state index is 13.7. The lowest BCUT2D eigenvalue weighted by molar-refractivity contribution is 0.227. The van der Waals surface area contributed by atoms with Gasteiger partial charge >= 0.3 is 0 Å². The molecule has 3 aromatic rings. The van der Waals surface area contributed by atoms with Crippen molar-refractivity contribution in [2.45, 2.75) is 39.8 Å². The van der Waals surface area contributed by atoms with Gasteiger partial charge in [-0.1, -0.05) is 26.8 Å². The first-order valence-corrected chi connectivity index (χ1v) is 9.95. The van der Waals surface area contributed by atoms with E-state index in [1.165, 1.54) is 12.3 Å². The van der Waals surface area contributed by atoms with E-state index in [4.69, 9.17) is 0 Å². The molecule has 8 nitrogen and oxygen atoms in total. The number of aromatic amines is 1. The molecule has 174 valence electrons. The maximum Gasteiger partial charge on any atom is 0.245 e. The summed E-state index contributed by atoms with van der Waals surface area (Å²) in [6.07, 6.45) is 2.98. The number of anilines is 1. The lowest BCUT2D eigenvalue weighted by atomic mass is 9.84. The average molecular weight is 484 g/mol. The molecule has 1 saturated heterocycles. The number of aromatic hydroxyl groups is 1. The van der Waals surface area contributed by atoms with Crippen LogP contribution in [0.3, 0.4) is 0 Å². The van der Waals surface area contributed by atoms with Crippen molar-refractivity contribution in [2.24, 2.45) is 5.41 Å². The molecule has 0 radical (unpaired) electrons. The summed E-state index contributed by atoms with van der Waals surface area (Å²) in [6.45, 7) is 10.4. The minimum Gasteiger partial charge on any atom is -0.507 e. The molecule has 2 atom stereocenters. The highest BCUT2D eigenvalue weighted by Crippen LogP contribution is 2.33. The zero-order chi connectivity index (χ0) is 21.5. The number of H-pyrrole nitrogens is 1. The Morgan fingerprint density at radius 2 is 1.84 bits per heavy atom. The second-order valence-electron chi connectivity index (χ2n) is 8.86. The van der Waals surface area contributed by atoms with Crippen LogP contribution in [0.1, 0.15) is 27.7 Å². The molecule has 3 heterocycles. The standard InChI is InChI=1S/C21H26FN7O.2ClH/c1-12-10-29(11-18(25-12)21(2,3)4)20-23-9-16(26-28-20)14-6-5-13(7-17(14)30)15-8-24-27-19(15)22;;/h5-9,12,18,25,30H,10-11H2,1-4H3,(H,24,27);2*1H/t12-,18-;;/m1../s1. The predicted octanol–water partition coefficient (Wildman–Crippen LogP) is 3.83. The van der Waals surface area contributed by atoms with Gasteiger partial charge in [-0.25, -0.2) is 4.98 Å². The van der Waals surface area contributed by atoms with E-state index in [2.05, 4.69) is 63.3 Å². The Labute approximate surface area is 198 Å². The molecule has 0 amide bonds. The third kappa shape index (κ3) is 5.28. The molecule has 1 aliphatic heterocycles. The number of aromatic nitrogens is 5. The van der Waals surface area contributed by atoms with Gasteiger partial charge in [0.05, 0.1) is 18.0 Å². The molecule has 0 aliphatic carbocycles. The van der Waals surface area contributed by atoms with E-state index in [9.17, 15) is 9.50 Å². The van der Waals surface area contributed by atoms with Crippen LogP contribution in [0.5, 0.6) is 5.75 Å². The minimum atomic E-state index is -0.549. The largest absolute Gasteiger partial charge is 0.507 e. The molecular formula is C21H28Cl2FN7O. The van der Waals surface area contributed by atoms with Gasteiger partial charge in [0.25, 0.3) is 0 Å². The SMILES string of the molecule is C[C@@H]1CN(c2ncc(-c3ccc(-c4cn[nH]c4F)cc3O)nn2)C[C@H](C(C)(C)C)N1.Cl.Cl. The van der Waals surface area contributed by atoms with Crippen LogP contribution >= 0.6 is 24.8 Å². The van der Waals surface area contributed by atoms with Gasteiger partial charge in [-0.2, -0.15) is 9.49 Å². The highest BCUT2D eigenvalue weighted by atomic mass is 35.5. The molecule has 0 unspecified atom stereocenters. The van der Waals surface area contributed by atoms with Crippen molar-refractivity contribution in [1.29, 1.82) is 0 Å². The lowest BCUT2D eigenvalue weighted by Gasteiger charge is -2.43. The van der Waals surface area contributed by atoms with Gasteiger partial charge in [0.15, 0.2) is 0 Å². The second-order valence-corrected chi connectivity index (χ2v) is 8.86. The van der Waals surface area contributed by atoms with Gasteiger partial charge in [-0.15, -0.1) is 35.0 Å². The summed E-state index contributed by atoms with van der Waals surface area (Å²) in [4.78, 5) is 6.63. The van der Waals surface area contributed by atoms with Crippen molar-refractivity contribution in [3.63, 3.8) is 0 Å². The second kappa shape index (κ2) is 9.97. The number of nitrogens with zero attached hydrogens (tertiary/aromatic N) is 5. The number of benzene rings is 1. The van der Waals surface area contributed by atoms with Gasteiger partial charge in [0, 0.05) is 30.7 Å². The number of piperazine rings is 1. The molecule has 1 aromatic carbocycles. The highest BCUT2D eigenvalue weighted by Gasteiger charge is 2.33. The van der Waals surface area contributed by atoms with E-state index >= 15 is 0 Å². The zero-order valence-corrected chi connectivity index (χ0v) is 20.0. The summed E-state index contributed by atoms with van der Waals surface area (Å²) >= 11 is 0. The van der Waals surface area contributed by atoms with Crippen LogP contribution in [-0.2, 0) is 0 Å². The average Bonchev–Trinajstić information content (AvgIpc) is 3.13. The number of phenolic OH excluding ortho intramolecular Hbond substituents is 1. The van der Waals surface area contributed by atoms with Crippen molar-refractivity contribution in [2.75, 3.05) is 18.0 Å². The fourth-order valence-corrected chi connectivity index (χ4v) is 3.69. The van der Waals surface area contributed by atoms with Gasteiger partial charge in [0.1, 0.15) is 11.4 Å². The van der Waals surface area contributed by atoms with Gasteiger partial charge in [-0.05, 0) is 30.0 Å². The molecular weight excluding hydrogens is 456 g/mol. The Balaban J connectivity index is 0.00000181. The van der Waals surface area contributed by atoms with Crippen LogP contribution < -0.4 is 10.2 Å². The summed E-state index contributed by atoms with van der Waals surface area (Å²) in [6, 6.07) is 5.47. The summed E-state index contributed by atoms with van der Waals surface area (Å²) in [5, 5.41) is 28.6. The fraction of sp³-hybridized carbons (Fsp3) is 0.429. The summed E-state index contributed by atoms with van der Waals surface area (Å²) < 4.78 is 13.7. The van der Waals surface area contributed by atoms with Crippen LogP contribution in [-0.4, -0.2) is 55.7 Å². The first-order chi connectivity index (χ1) is 14.2. The van der Waals surface area contributed by atoms with E-state index in [1.807, 2.05) is 0 Å². The van der Waals surface area contributed by atoms with Gasteiger partial charge < -0.3 is 15.3 Å². The third-order valence-electron chi connectivity index (χ3n) is 5.44. The van der Waals surface area contributed by atoms with Crippen LogP contribution in [0.4, 0.5) is 10.3 Å². The molecule has 0 bridgehead atoms. The number of hydrogen-bond donors (Lipinski definition) is 3. The number of rotatable bonds is 3. The molecule has 3 N–H and O–H groups in total. The zero-order valence-electron chi connectivity index (χ0n) is 18.3. The number of hydrogen-bond acceptors (Lipinski definition) is 7. The lowest BCUT2D eigenvalue weighted by Crippen LogP contribution is -2.60. The molecule has 2 aromatic heterocycles. The fourth-order valence-electron chi connectivity index (χ4n) is 3.69. The van der Waals surface area contributed by atoms with Gasteiger partial charge in [0.2, 0.25) is 11.9 Å². The molecule has 11 heteroatoms. The third-order valence-corrected chi connectivity index (χ3v) is 5.44. The quantitative estimate of drug-likeness (QED) is 0.519. The van der Waals surface area contributed by atoms with Crippen molar-refractivity contribution in [3.05, 3.63) is 36.5 Å². The van der Waals surface area contributed by atoms with E-state index in [1.54, 1.807) is 18.3 Å². The Morgan fingerprint density at radius 1 is 1.09 bits per heavy atom. The topological polar surface area (TPSA) is 103 Å². The minimum absolute atomic E-state index is 0. The number of nitrogens with one attached hydrogen (secondary N) is 2. The Bertz CT molecular complexity index is 1040. The van der Waals surface area contributed by atoms with Crippen LogP contribution in [0.25, 0.3) is 22.4 Å². The molecule has 0 saturated carbocycles. The highest BCUT2D eigenvalue weighted by molar-refractivity contribution is 5.85. The number of phenols is 1. The van der Waals surface area contributed by atoms with Crippen LogP contribution in [0.2, 0.25) is 0 Å². The first-order valence-electron chi connectivity index (χ1n) is 9.95. The molecule has 32 heavy (non-hydrogen) atoms. The first kappa shape index (κ1) is 25.8. The van der Waals surface area contributed by atoms with Crippen LogP contribution in [0, 0.1) is 11.4 Å². The van der Waals surface area contributed by atoms with Crippen molar-refractivity contribution in [1.82, 2.24) is 30.7 Å². The van der Waals surface area contributed by atoms with E-state index < -0.39 is 5.95 Å². The van der Waals surface area contributed by atoms with E-state index in [-0.39, 0.29) is 41.5 Å². The van der Waals surface area contributed by atoms with Crippen molar-refractivity contribution in [3.8, 4) is 28.1 Å². The molecule has 1 aliphatic rings.